The van der Waals surface area contributed by atoms with Crippen LogP contribution in [0, 0.1) is 12.3 Å². The zero-order valence-corrected chi connectivity index (χ0v) is 10.4. The third-order valence-electron chi connectivity index (χ3n) is 3.26. The first-order valence-electron chi connectivity index (χ1n) is 6.26. The lowest BCUT2D eigenvalue weighted by Gasteiger charge is -2.18. The summed E-state index contributed by atoms with van der Waals surface area (Å²) in [5.41, 5.74) is 1.39. The number of hydrogen-bond donors (Lipinski definition) is 1. The highest BCUT2D eigenvalue weighted by atomic mass is 15.2. The minimum Gasteiger partial charge on any atom is -0.300 e. The molecule has 0 aromatic heterocycles. The Morgan fingerprint density at radius 3 is 2.94 bits per heavy atom. The molecule has 2 rings (SSSR count). The second kappa shape index (κ2) is 5.86. The van der Waals surface area contributed by atoms with E-state index in [1.807, 2.05) is 6.92 Å². The number of rotatable bonds is 4. The third kappa shape index (κ3) is 3.59. The van der Waals surface area contributed by atoms with Crippen molar-refractivity contribution in [2.24, 2.45) is 0 Å². The highest BCUT2D eigenvalue weighted by Crippen LogP contribution is 2.13. The van der Waals surface area contributed by atoms with Crippen LogP contribution in [-0.2, 0) is 6.54 Å². The fourth-order valence-electron chi connectivity index (χ4n) is 2.36. The Kier molecular flexibility index (Phi) is 4.19. The Balaban J connectivity index is 1.81. The second-order valence-corrected chi connectivity index (χ2v) is 4.76. The van der Waals surface area contributed by atoms with Crippen LogP contribution in [0.2, 0.25) is 0 Å². The molecule has 0 bridgehead atoms. The van der Waals surface area contributed by atoms with Crippen LogP contribution in [0.15, 0.2) is 30.3 Å². The van der Waals surface area contributed by atoms with E-state index in [2.05, 4.69) is 46.5 Å². The molecule has 2 nitrogen and oxygen atoms in total. The lowest BCUT2D eigenvalue weighted by molar-refractivity contribution is 0.319. The average Bonchev–Trinajstić information content (AvgIpc) is 2.77. The molecule has 2 heteroatoms. The Morgan fingerprint density at radius 2 is 2.24 bits per heavy atom. The SMILES string of the molecule is C#CC(C)NC1CCN(Cc2ccccc2)C1. The molecule has 1 heterocycles. The number of nitrogens with zero attached hydrogens (tertiary/aromatic N) is 1. The van der Waals surface area contributed by atoms with Crippen LogP contribution in [0.5, 0.6) is 0 Å². The van der Waals surface area contributed by atoms with Gasteiger partial charge in [-0.05, 0) is 18.9 Å². The maximum Gasteiger partial charge on any atom is 0.0660 e. The molecule has 0 saturated carbocycles. The lowest BCUT2D eigenvalue weighted by atomic mass is 10.2. The molecule has 1 saturated heterocycles. The van der Waals surface area contributed by atoms with Crippen molar-refractivity contribution in [1.82, 2.24) is 10.2 Å². The summed E-state index contributed by atoms with van der Waals surface area (Å²) in [4.78, 5) is 2.48. The maximum absolute atomic E-state index is 5.38. The van der Waals surface area contributed by atoms with Crippen molar-refractivity contribution in [1.29, 1.82) is 0 Å². The van der Waals surface area contributed by atoms with E-state index in [9.17, 15) is 0 Å². The predicted octanol–water partition coefficient (Wildman–Crippen LogP) is 1.87. The average molecular weight is 228 g/mol. The van der Waals surface area contributed by atoms with Crippen molar-refractivity contribution in [2.75, 3.05) is 13.1 Å². The monoisotopic (exact) mass is 228 g/mol. The highest BCUT2D eigenvalue weighted by molar-refractivity contribution is 5.14. The molecular formula is C15H20N2. The Labute approximate surface area is 104 Å². The van der Waals surface area contributed by atoms with Gasteiger partial charge in [0.25, 0.3) is 0 Å². The molecule has 2 unspecified atom stereocenters. The molecule has 0 radical (unpaired) electrons. The van der Waals surface area contributed by atoms with E-state index in [0.29, 0.717) is 6.04 Å². The normalized spacial score (nSPS) is 22.2. The summed E-state index contributed by atoms with van der Waals surface area (Å²) in [7, 11) is 0. The van der Waals surface area contributed by atoms with E-state index >= 15 is 0 Å². The van der Waals surface area contributed by atoms with Crippen LogP contribution in [-0.4, -0.2) is 30.1 Å². The Bertz CT molecular complexity index is 380. The van der Waals surface area contributed by atoms with E-state index in [-0.39, 0.29) is 6.04 Å². The van der Waals surface area contributed by atoms with E-state index in [0.717, 1.165) is 19.6 Å². The minimum atomic E-state index is 0.177. The van der Waals surface area contributed by atoms with E-state index in [4.69, 9.17) is 6.42 Å². The summed E-state index contributed by atoms with van der Waals surface area (Å²) >= 11 is 0. The van der Waals surface area contributed by atoms with Gasteiger partial charge < -0.3 is 0 Å². The second-order valence-electron chi connectivity index (χ2n) is 4.76. The Hall–Kier alpha value is -1.30. The summed E-state index contributed by atoms with van der Waals surface area (Å²) in [6, 6.07) is 11.4. The number of likely N-dealkylation sites (tertiary alicyclic amines) is 1. The van der Waals surface area contributed by atoms with Gasteiger partial charge in [-0.1, -0.05) is 36.3 Å². The smallest absolute Gasteiger partial charge is 0.0660 e. The van der Waals surface area contributed by atoms with E-state index in [1.165, 1.54) is 12.0 Å². The van der Waals surface area contributed by atoms with Gasteiger partial charge in [0.1, 0.15) is 0 Å². The lowest BCUT2D eigenvalue weighted by Crippen LogP contribution is -2.37. The van der Waals surface area contributed by atoms with Gasteiger partial charge in [0.2, 0.25) is 0 Å². The van der Waals surface area contributed by atoms with Gasteiger partial charge in [-0.25, -0.2) is 0 Å². The first kappa shape index (κ1) is 12.2. The summed E-state index contributed by atoms with van der Waals surface area (Å²) in [5, 5.41) is 3.47. The van der Waals surface area contributed by atoms with Gasteiger partial charge in [-0.2, -0.15) is 0 Å². The van der Waals surface area contributed by atoms with Crippen molar-refractivity contribution in [3.8, 4) is 12.3 Å². The molecule has 1 aliphatic heterocycles. The zero-order chi connectivity index (χ0) is 12.1. The van der Waals surface area contributed by atoms with Crippen LogP contribution in [0.25, 0.3) is 0 Å². The van der Waals surface area contributed by atoms with Crippen LogP contribution in [0.3, 0.4) is 0 Å². The summed E-state index contributed by atoms with van der Waals surface area (Å²) in [6.07, 6.45) is 6.58. The van der Waals surface area contributed by atoms with Crippen molar-refractivity contribution in [3.63, 3.8) is 0 Å². The molecule has 0 spiro atoms. The van der Waals surface area contributed by atoms with E-state index in [1.54, 1.807) is 0 Å². The highest BCUT2D eigenvalue weighted by Gasteiger charge is 2.22. The molecular weight excluding hydrogens is 208 g/mol. The molecule has 1 aromatic rings. The zero-order valence-electron chi connectivity index (χ0n) is 10.4. The molecule has 1 aromatic carbocycles. The summed E-state index contributed by atoms with van der Waals surface area (Å²) in [6.45, 7) is 5.34. The molecule has 1 fully saturated rings. The van der Waals surface area contributed by atoms with Crippen LogP contribution >= 0.6 is 0 Å². The van der Waals surface area contributed by atoms with Crippen molar-refractivity contribution in [3.05, 3.63) is 35.9 Å². The third-order valence-corrected chi connectivity index (χ3v) is 3.26. The van der Waals surface area contributed by atoms with Gasteiger partial charge in [0.15, 0.2) is 0 Å². The topological polar surface area (TPSA) is 15.3 Å². The number of hydrogen-bond acceptors (Lipinski definition) is 2. The molecule has 0 aliphatic carbocycles. The minimum absolute atomic E-state index is 0.177. The van der Waals surface area contributed by atoms with Gasteiger partial charge in [-0.3, -0.25) is 10.2 Å². The first-order valence-corrected chi connectivity index (χ1v) is 6.26. The molecule has 1 aliphatic rings. The number of terminal acetylenes is 1. The van der Waals surface area contributed by atoms with Crippen molar-refractivity contribution < 1.29 is 0 Å². The maximum atomic E-state index is 5.38. The van der Waals surface area contributed by atoms with Crippen LogP contribution < -0.4 is 5.32 Å². The fourth-order valence-corrected chi connectivity index (χ4v) is 2.36. The van der Waals surface area contributed by atoms with Crippen LogP contribution in [0.1, 0.15) is 18.9 Å². The van der Waals surface area contributed by atoms with Gasteiger partial charge in [0, 0.05) is 25.7 Å². The quantitative estimate of drug-likeness (QED) is 0.792. The molecule has 0 amide bonds. The molecule has 2 atom stereocenters. The first-order chi connectivity index (χ1) is 8.28. The molecule has 17 heavy (non-hydrogen) atoms. The van der Waals surface area contributed by atoms with Crippen molar-refractivity contribution in [2.45, 2.75) is 32.0 Å². The largest absolute Gasteiger partial charge is 0.300 e. The Morgan fingerprint density at radius 1 is 1.47 bits per heavy atom. The predicted molar refractivity (Wildman–Crippen MR) is 71.6 cm³/mol. The van der Waals surface area contributed by atoms with Gasteiger partial charge in [-0.15, -0.1) is 6.42 Å². The van der Waals surface area contributed by atoms with Gasteiger partial charge in [0.05, 0.1) is 6.04 Å². The van der Waals surface area contributed by atoms with Crippen molar-refractivity contribution >= 4 is 0 Å². The standard InChI is InChI=1S/C15H20N2/c1-3-13(2)16-15-9-10-17(12-15)11-14-7-5-4-6-8-14/h1,4-8,13,15-16H,9-12H2,2H3. The van der Waals surface area contributed by atoms with Gasteiger partial charge >= 0.3 is 0 Å². The molecule has 1 N–H and O–H groups in total. The number of nitrogens with one attached hydrogen (secondary N) is 1. The summed E-state index contributed by atoms with van der Waals surface area (Å²) in [5.74, 6) is 2.73. The van der Waals surface area contributed by atoms with E-state index < -0.39 is 0 Å². The number of benzene rings is 1. The summed E-state index contributed by atoms with van der Waals surface area (Å²) < 4.78 is 0. The van der Waals surface area contributed by atoms with Crippen LogP contribution in [0.4, 0.5) is 0 Å². The fraction of sp³-hybridized carbons (Fsp3) is 0.467. The molecule has 90 valence electrons.